The van der Waals surface area contributed by atoms with Crippen molar-refractivity contribution < 1.29 is 14.3 Å². The van der Waals surface area contributed by atoms with Crippen molar-refractivity contribution in [2.75, 3.05) is 0 Å². The molecule has 3 heteroatoms. The second kappa shape index (κ2) is 12.6. The van der Waals surface area contributed by atoms with Crippen molar-refractivity contribution in [2.24, 2.45) is 0 Å². The lowest BCUT2D eigenvalue weighted by Gasteiger charge is -2.29. The highest BCUT2D eigenvalue weighted by Crippen LogP contribution is 2.24. The molecule has 0 heterocycles. The van der Waals surface area contributed by atoms with Crippen LogP contribution >= 0.6 is 0 Å². The van der Waals surface area contributed by atoms with Crippen LogP contribution in [0.15, 0.2) is 0 Å². The van der Waals surface area contributed by atoms with Crippen molar-refractivity contribution in [3.63, 3.8) is 0 Å². The van der Waals surface area contributed by atoms with E-state index in [4.69, 9.17) is 9.47 Å². The van der Waals surface area contributed by atoms with Gasteiger partial charge < -0.3 is 9.47 Å². The molecule has 0 aliphatic carbocycles. The van der Waals surface area contributed by atoms with Gasteiger partial charge in [0.1, 0.15) is 11.2 Å². The van der Waals surface area contributed by atoms with Crippen LogP contribution in [0.3, 0.4) is 0 Å². The van der Waals surface area contributed by atoms with E-state index >= 15 is 0 Å². The molecule has 0 rings (SSSR count). The Bertz CT molecular complexity index is 291. The minimum Gasteiger partial charge on any atom is -0.428 e. The Labute approximate surface area is 150 Å². The second-order valence-corrected chi connectivity index (χ2v) is 8.30. The Kier molecular flexibility index (Phi) is 12.2. The third-order valence-corrected chi connectivity index (χ3v) is 4.48. The molecule has 0 fully saturated rings. The highest BCUT2D eigenvalue weighted by molar-refractivity contribution is 5.61. The first-order valence-corrected chi connectivity index (χ1v) is 10.1. The van der Waals surface area contributed by atoms with Crippen molar-refractivity contribution in [3.05, 3.63) is 0 Å². The van der Waals surface area contributed by atoms with Crippen LogP contribution in [0, 0.1) is 0 Å². The predicted molar refractivity (Wildman–Crippen MR) is 102 cm³/mol. The molecule has 0 amide bonds. The fourth-order valence-corrected chi connectivity index (χ4v) is 2.88. The minimum atomic E-state index is -0.521. The van der Waals surface area contributed by atoms with Gasteiger partial charge in [-0.2, -0.15) is 0 Å². The van der Waals surface area contributed by atoms with Crippen LogP contribution < -0.4 is 0 Å². The van der Waals surface area contributed by atoms with Crippen LogP contribution in [0.5, 0.6) is 0 Å². The standard InChI is InChI=1S/C21H42O3/c1-7-9-11-13-15-17-20(3,4)23-19(22)24-21(5,6)18-16-14-12-10-8-2/h7-18H2,1-6H3. The molecule has 0 aromatic carbocycles. The quantitative estimate of drug-likeness (QED) is 0.243. The van der Waals surface area contributed by atoms with Crippen molar-refractivity contribution in [1.82, 2.24) is 0 Å². The third-order valence-electron chi connectivity index (χ3n) is 4.48. The van der Waals surface area contributed by atoms with E-state index < -0.39 is 17.4 Å². The summed E-state index contributed by atoms with van der Waals surface area (Å²) in [7, 11) is 0. The van der Waals surface area contributed by atoms with Crippen molar-refractivity contribution >= 4 is 6.16 Å². The minimum absolute atomic E-state index is 0.444. The van der Waals surface area contributed by atoms with Gasteiger partial charge >= 0.3 is 6.16 Å². The van der Waals surface area contributed by atoms with Gasteiger partial charge in [0.2, 0.25) is 0 Å². The Hall–Kier alpha value is -0.730. The van der Waals surface area contributed by atoms with E-state index in [-0.39, 0.29) is 0 Å². The normalized spacial score (nSPS) is 12.2. The average Bonchev–Trinajstić information content (AvgIpc) is 2.45. The predicted octanol–water partition coefficient (Wildman–Crippen LogP) is 7.42. The third kappa shape index (κ3) is 13.7. The molecule has 3 nitrogen and oxygen atoms in total. The molecular weight excluding hydrogens is 300 g/mol. The molecule has 0 saturated heterocycles. The van der Waals surface area contributed by atoms with Crippen LogP contribution in [-0.4, -0.2) is 17.4 Å². The SMILES string of the molecule is CCCCCCCC(C)(C)OC(=O)OC(C)(C)CCCCCCC. The molecule has 0 aromatic rings. The fraction of sp³-hybridized carbons (Fsp3) is 0.952. The van der Waals surface area contributed by atoms with Gasteiger partial charge in [-0.25, -0.2) is 4.79 Å². The fourth-order valence-electron chi connectivity index (χ4n) is 2.88. The van der Waals surface area contributed by atoms with Crippen LogP contribution in [0.2, 0.25) is 0 Å². The first-order chi connectivity index (χ1) is 11.2. The van der Waals surface area contributed by atoms with Crippen molar-refractivity contribution in [1.29, 1.82) is 0 Å². The van der Waals surface area contributed by atoms with Gasteiger partial charge in [-0.1, -0.05) is 65.2 Å². The van der Waals surface area contributed by atoms with Crippen LogP contribution in [0.25, 0.3) is 0 Å². The maximum atomic E-state index is 12.1. The molecule has 0 unspecified atom stereocenters. The second-order valence-electron chi connectivity index (χ2n) is 8.30. The average molecular weight is 343 g/mol. The molecule has 0 aromatic heterocycles. The molecule has 0 aliphatic rings. The molecule has 0 aliphatic heterocycles. The lowest BCUT2D eigenvalue weighted by molar-refractivity contribution is -0.0645. The summed E-state index contributed by atoms with van der Waals surface area (Å²) in [5.41, 5.74) is -0.888. The van der Waals surface area contributed by atoms with E-state index in [0.717, 1.165) is 25.7 Å². The van der Waals surface area contributed by atoms with Crippen LogP contribution in [0.4, 0.5) is 4.79 Å². The van der Waals surface area contributed by atoms with Gasteiger partial charge in [-0.3, -0.25) is 0 Å². The maximum Gasteiger partial charge on any atom is 0.509 e. The Morgan fingerprint density at radius 1 is 0.625 bits per heavy atom. The topological polar surface area (TPSA) is 35.5 Å². The van der Waals surface area contributed by atoms with Crippen LogP contribution in [0.1, 0.15) is 119 Å². The lowest BCUT2D eigenvalue weighted by atomic mass is 9.99. The lowest BCUT2D eigenvalue weighted by Crippen LogP contribution is -2.34. The summed E-state index contributed by atoms with van der Waals surface area (Å²) in [5.74, 6) is 0. The zero-order chi connectivity index (χ0) is 18.5. The first kappa shape index (κ1) is 23.3. The van der Waals surface area contributed by atoms with Gasteiger partial charge in [0.05, 0.1) is 0 Å². The number of rotatable bonds is 14. The number of hydrogen-bond acceptors (Lipinski definition) is 3. The number of hydrogen-bond donors (Lipinski definition) is 0. The van der Waals surface area contributed by atoms with Gasteiger partial charge in [-0.05, 0) is 53.4 Å². The maximum absolute atomic E-state index is 12.1. The highest BCUT2D eigenvalue weighted by Gasteiger charge is 2.28. The van der Waals surface area contributed by atoms with E-state index in [1.807, 2.05) is 27.7 Å². The first-order valence-electron chi connectivity index (χ1n) is 10.1. The van der Waals surface area contributed by atoms with E-state index in [1.54, 1.807) is 0 Å². The van der Waals surface area contributed by atoms with Crippen molar-refractivity contribution in [3.8, 4) is 0 Å². The molecule has 0 radical (unpaired) electrons. The number of carbonyl (C=O) groups is 1. The zero-order valence-corrected chi connectivity index (χ0v) is 17.2. The van der Waals surface area contributed by atoms with Crippen LogP contribution in [-0.2, 0) is 9.47 Å². The van der Waals surface area contributed by atoms with Gasteiger partial charge in [0, 0.05) is 0 Å². The molecule has 0 saturated carbocycles. The summed E-state index contributed by atoms with van der Waals surface area (Å²) in [6, 6.07) is 0. The molecule has 144 valence electrons. The van der Waals surface area contributed by atoms with E-state index in [1.165, 1.54) is 51.4 Å². The Morgan fingerprint density at radius 2 is 0.958 bits per heavy atom. The van der Waals surface area contributed by atoms with Gasteiger partial charge in [0.15, 0.2) is 0 Å². The monoisotopic (exact) mass is 342 g/mol. The molecule has 0 atom stereocenters. The van der Waals surface area contributed by atoms with Gasteiger partial charge in [-0.15, -0.1) is 0 Å². The van der Waals surface area contributed by atoms with Crippen molar-refractivity contribution in [2.45, 2.75) is 130 Å². The molecule has 0 spiro atoms. The number of unbranched alkanes of at least 4 members (excludes halogenated alkanes) is 8. The summed E-state index contributed by atoms with van der Waals surface area (Å²) in [6.45, 7) is 12.3. The molecule has 0 N–H and O–H groups in total. The number of carbonyl (C=O) groups excluding carboxylic acids is 1. The smallest absolute Gasteiger partial charge is 0.428 e. The summed E-state index contributed by atoms with van der Waals surface area (Å²) in [4.78, 5) is 12.1. The Balaban J connectivity index is 4.01. The summed E-state index contributed by atoms with van der Waals surface area (Å²) >= 11 is 0. The summed E-state index contributed by atoms with van der Waals surface area (Å²) < 4.78 is 11.1. The largest absolute Gasteiger partial charge is 0.509 e. The number of ether oxygens (including phenoxy) is 2. The van der Waals surface area contributed by atoms with Gasteiger partial charge in [0.25, 0.3) is 0 Å². The van der Waals surface area contributed by atoms with E-state index in [9.17, 15) is 4.79 Å². The molecule has 24 heavy (non-hydrogen) atoms. The zero-order valence-electron chi connectivity index (χ0n) is 17.2. The molecule has 0 bridgehead atoms. The molecular formula is C21H42O3. The summed E-state index contributed by atoms with van der Waals surface area (Å²) in [5, 5.41) is 0. The summed E-state index contributed by atoms with van der Waals surface area (Å²) in [6.07, 6.45) is 13.5. The Morgan fingerprint density at radius 3 is 1.29 bits per heavy atom. The van der Waals surface area contributed by atoms with E-state index in [2.05, 4.69) is 13.8 Å². The van der Waals surface area contributed by atoms with E-state index in [0.29, 0.717) is 0 Å². The highest BCUT2D eigenvalue weighted by atomic mass is 16.7.